The van der Waals surface area contributed by atoms with Crippen molar-refractivity contribution in [3.05, 3.63) is 70.3 Å². The van der Waals surface area contributed by atoms with Crippen molar-refractivity contribution in [3.8, 4) is 11.5 Å². The number of amides is 2. The van der Waals surface area contributed by atoms with Crippen molar-refractivity contribution in [2.45, 2.75) is 25.1 Å². The summed E-state index contributed by atoms with van der Waals surface area (Å²) in [6.45, 7) is 0.0905. The van der Waals surface area contributed by atoms with Gasteiger partial charge in [-0.1, -0.05) is 18.2 Å². The number of aliphatic imine (C=N–C) groups is 1. The Bertz CT molecular complexity index is 1190. The predicted molar refractivity (Wildman–Crippen MR) is 113 cm³/mol. The number of fused-ring (bicyclic) bond motifs is 1. The Kier molecular flexibility index (Phi) is 5.84. The first-order valence-corrected chi connectivity index (χ1v) is 10.0. The van der Waals surface area contributed by atoms with E-state index >= 15 is 0 Å². The average molecular weight is 459 g/mol. The number of nitrogens with two attached hydrogens (primary N) is 1. The number of methoxy groups -OCH3 is 1. The van der Waals surface area contributed by atoms with Crippen LogP contribution in [0.2, 0.25) is 0 Å². The van der Waals surface area contributed by atoms with Crippen LogP contribution in [0.15, 0.2) is 53.0 Å². The number of hydrogen-bond acceptors (Lipinski definition) is 5. The highest BCUT2D eigenvalue weighted by atomic mass is 19.4. The number of nitrogens with zero attached hydrogens (tertiary/aromatic N) is 1. The Hall–Kier alpha value is -3.82. The largest absolute Gasteiger partial charge is 0.493 e. The van der Waals surface area contributed by atoms with E-state index in [9.17, 15) is 22.8 Å². The number of benzene rings is 2. The zero-order valence-corrected chi connectivity index (χ0v) is 17.5. The van der Waals surface area contributed by atoms with Crippen LogP contribution in [0.4, 0.5) is 13.2 Å². The lowest BCUT2D eigenvalue weighted by Gasteiger charge is -2.26. The van der Waals surface area contributed by atoms with Crippen LogP contribution >= 0.6 is 0 Å². The topological polar surface area (TPSA) is 103 Å². The molecule has 1 fully saturated rings. The Morgan fingerprint density at radius 2 is 2.00 bits per heavy atom. The molecule has 3 N–H and O–H groups in total. The van der Waals surface area contributed by atoms with Gasteiger partial charge in [0.25, 0.3) is 0 Å². The number of ether oxygens (including phenoxy) is 2. The first-order chi connectivity index (χ1) is 15.7. The summed E-state index contributed by atoms with van der Waals surface area (Å²) in [5.74, 6) is -0.181. The van der Waals surface area contributed by atoms with Crippen LogP contribution in [0.5, 0.6) is 11.5 Å². The second-order valence-corrected chi connectivity index (χ2v) is 7.59. The SMILES string of the molecule is COc1cc(C2CC(=O)NC3=NCC=C32)ccc1OCc1ccc(C(N)=O)cc1C(F)(F)F. The highest BCUT2D eigenvalue weighted by molar-refractivity contribution is 6.12. The molecule has 0 aromatic heterocycles. The molecule has 2 heterocycles. The third-order valence-electron chi connectivity index (χ3n) is 5.53. The first kappa shape index (κ1) is 22.4. The van der Waals surface area contributed by atoms with Crippen molar-refractivity contribution in [3.63, 3.8) is 0 Å². The van der Waals surface area contributed by atoms with Gasteiger partial charge in [0.1, 0.15) is 12.4 Å². The number of rotatable bonds is 6. The van der Waals surface area contributed by atoms with Crippen LogP contribution in [0.3, 0.4) is 0 Å². The molecule has 0 bridgehead atoms. The second kappa shape index (κ2) is 8.61. The van der Waals surface area contributed by atoms with Gasteiger partial charge < -0.3 is 20.5 Å². The summed E-state index contributed by atoms with van der Waals surface area (Å²) in [4.78, 5) is 27.6. The van der Waals surface area contributed by atoms with E-state index in [1.807, 2.05) is 6.08 Å². The molecule has 1 saturated heterocycles. The molecular formula is C23H20F3N3O4. The number of alkyl halides is 3. The molecule has 7 nitrogen and oxygen atoms in total. The summed E-state index contributed by atoms with van der Waals surface area (Å²) in [6.07, 6.45) is -2.49. The van der Waals surface area contributed by atoms with E-state index in [1.54, 1.807) is 18.2 Å². The van der Waals surface area contributed by atoms with Gasteiger partial charge in [-0.15, -0.1) is 0 Å². The van der Waals surface area contributed by atoms with E-state index in [0.717, 1.165) is 17.2 Å². The minimum atomic E-state index is -4.69. The normalized spacial score (nSPS) is 17.6. The molecule has 2 aliphatic rings. The van der Waals surface area contributed by atoms with Gasteiger partial charge in [-0.2, -0.15) is 13.2 Å². The van der Waals surface area contributed by atoms with E-state index in [1.165, 1.54) is 13.2 Å². The van der Waals surface area contributed by atoms with Gasteiger partial charge in [0.2, 0.25) is 11.8 Å². The fourth-order valence-electron chi connectivity index (χ4n) is 3.91. The van der Waals surface area contributed by atoms with Crippen LogP contribution in [-0.2, 0) is 17.6 Å². The van der Waals surface area contributed by atoms with Gasteiger partial charge in [-0.05, 0) is 29.8 Å². The zero-order chi connectivity index (χ0) is 23.8. The van der Waals surface area contributed by atoms with E-state index in [2.05, 4.69) is 10.3 Å². The number of carbonyl (C=O) groups is 2. The van der Waals surface area contributed by atoms with E-state index < -0.39 is 24.3 Å². The lowest BCUT2D eigenvalue weighted by atomic mass is 9.85. The predicted octanol–water partition coefficient (Wildman–Crippen LogP) is 3.33. The summed E-state index contributed by atoms with van der Waals surface area (Å²) in [5.41, 5.74) is 5.44. The molecule has 10 heteroatoms. The summed E-state index contributed by atoms with van der Waals surface area (Å²) >= 11 is 0. The van der Waals surface area contributed by atoms with Gasteiger partial charge in [0.05, 0.1) is 19.2 Å². The number of amidine groups is 1. The smallest absolute Gasteiger partial charge is 0.416 e. The summed E-state index contributed by atoms with van der Waals surface area (Å²) in [6, 6.07) is 8.15. The van der Waals surface area contributed by atoms with E-state index in [-0.39, 0.29) is 35.1 Å². The van der Waals surface area contributed by atoms with Crippen LogP contribution in [-0.4, -0.2) is 31.3 Å². The second-order valence-electron chi connectivity index (χ2n) is 7.59. The molecule has 4 rings (SSSR count). The fraction of sp³-hybridized carbons (Fsp3) is 0.261. The van der Waals surface area contributed by atoms with Gasteiger partial charge in [-0.3, -0.25) is 14.6 Å². The summed E-state index contributed by atoms with van der Waals surface area (Å²) in [5, 5.41) is 2.75. The summed E-state index contributed by atoms with van der Waals surface area (Å²) < 4.78 is 51.5. The molecule has 2 aliphatic heterocycles. The minimum absolute atomic E-state index is 0.142. The van der Waals surface area contributed by atoms with Crippen molar-refractivity contribution in [2.24, 2.45) is 10.7 Å². The Morgan fingerprint density at radius 3 is 2.70 bits per heavy atom. The number of piperidine rings is 1. The third kappa shape index (κ3) is 4.55. The van der Waals surface area contributed by atoms with E-state index in [0.29, 0.717) is 24.2 Å². The molecular weight excluding hydrogens is 439 g/mol. The number of primary amides is 1. The molecule has 1 atom stereocenters. The zero-order valence-electron chi connectivity index (χ0n) is 17.5. The fourth-order valence-corrected chi connectivity index (χ4v) is 3.91. The Balaban J connectivity index is 1.58. The molecule has 0 radical (unpaired) electrons. The molecule has 2 aromatic rings. The van der Waals surface area contributed by atoms with Crippen LogP contribution in [0.1, 0.15) is 39.4 Å². The van der Waals surface area contributed by atoms with Gasteiger partial charge >= 0.3 is 6.18 Å². The minimum Gasteiger partial charge on any atom is -0.493 e. The van der Waals surface area contributed by atoms with Gasteiger partial charge in [0.15, 0.2) is 11.5 Å². The van der Waals surface area contributed by atoms with Crippen molar-refractivity contribution >= 4 is 17.6 Å². The lowest BCUT2D eigenvalue weighted by Crippen LogP contribution is -2.38. The number of nitrogens with one attached hydrogen (secondary N) is 1. The first-order valence-electron chi connectivity index (χ1n) is 10.0. The molecule has 0 saturated carbocycles. The third-order valence-corrected chi connectivity index (χ3v) is 5.53. The molecule has 2 amide bonds. The Labute approximate surface area is 187 Å². The standard InChI is InChI=1S/C23H20F3N3O4/c1-32-19-9-12(16-10-20(30)29-22-15(16)6-7-28-22)4-5-18(19)33-11-14-3-2-13(21(27)31)8-17(14)23(24,25)26/h2-6,8-9,16H,7,10-11H2,1H3,(H2,27,31)(H,28,29,30). The van der Waals surface area contributed by atoms with Crippen molar-refractivity contribution in [1.29, 1.82) is 0 Å². The maximum Gasteiger partial charge on any atom is 0.416 e. The van der Waals surface area contributed by atoms with Crippen LogP contribution in [0, 0.1) is 0 Å². The molecule has 0 aliphatic carbocycles. The number of hydrogen-bond donors (Lipinski definition) is 2. The monoisotopic (exact) mass is 459 g/mol. The highest BCUT2D eigenvalue weighted by Crippen LogP contribution is 2.39. The lowest BCUT2D eigenvalue weighted by molar-refractivity contribution is -0.138. The van der Waals surface area contributed by atoms with Gasteiger partial charge in [-0.25, -0.2) is 0 Å². The van der Waals surface area contributed by atoms with Crippen molar-refractivity contribution in [2.75, 3.05) is 13.7 Å². The molecule has 33 heavy (non-hydrogen) atoms. The maximum atomic E-state index is 13.5. The quantitative estimate of drug-likeness (QED) is 0.692. The van der Waals surface area contributed by atoms with Crippen molar-refractivity contribution in [1.82, 2.24) is 5.32 Å². The average Bonchev–Trinajstić information content (AvgIpc) is 3.24. The highest BCUT2D eigenvalue weighted by Gasteiger charge is 2.35. The van der Waals surface area contributed by atoms with E-state index in [4.69, 9.17) is 15.2 Å². The molecule has 0 spiro atoms. The molecule has 2 aromatic carbocycles. The van der Waals surface area contributed by atoms with Crippen LogP contribution in [0.25, 0.3) is 0 Å². The molecule has 1 unspecified atom stereocenters. The number of halogens is 3. The maximum absolute atomic E-state index is 13.5. The number of carbonyl (C=O) groups excluding carboxylic acids is 2. The van der Waals surface area contributed by atoms with Crippen molar-refractivity contribution < 1.29 is 32.2 Å². The van der Waals surface area contributed by atoms with Crippen LogP contribution < -0.4 is 20.5 Å². The van der Waals surface area contributed by atoms with Gasteiger partial charge in [0, 0.05) is 29.0 Å². The molecule has 172 valence electrons. The Morgan fingerprint density at radius 1 is 1.21 bits per heavy atom. The summed E-state index contributed by atoms with van der Waals surface area (Å²) in [7, 11) is 1.42.